The molecule has 5 heteroatoms. The first-order valence-corrected chi connectivity index (χ1v) is 8.63. The Balaban J connectivity index is 1.97. The average molecular weight is 340 g/mol. The van der Waals surface area contributed by atoms with E-state index in [0.29, 0.717) is 6.54 Å². The molecule has 1 aromatic carbocycles. The number of likely N-dealkylation sites (tertiary alicyclic amines) is 1. The number of aromatic nitrogens is 1. The summed E-state index contributed by atoms with van der Waals surface area (Å²) in [6.07, 6.45) is 4.57. The molecule has 0 bridgehead atoms. The average Bonchev–Trinajstić information content (AvgIpc) is 2.64. The predicted octanol–water partition coefficient (Wildman–Crippen LogP) is 3.07. The molecule has 2 aromatic rings. The first-order chi connectivity index (χ1) is 12.0. The van der Waals surface area contributed by atoms with Crippen molar-refractivity contribution in [2.75, 3.05) is 13.7 Å². The van der Waals surface area contributed by atoms with Gasteiger partial charge in [-0.1, -0.05) is 12.1 Å². The summed E-state index contributed by atoms with van der Waals surface area (Å²) in [6.45, 7) is 2.52. The third-order valence-corrected chi connectivity index (χ3v) is 4.96. The quantitative estimate of drug-likeness (QED) is 0.863. The maximum atomic E-state index is 13.1. The minimum absolute atomic E-state index is 0.0256. The lowest BCUT2D eigenvalue weighted by atomic mass is 9.94. The van der Waals surface area contributed by atoms with Crippen molar-refractivity contribution in [1.82, 2.24) is 9.47 Å². The van der Waals surface area contributed by atoms with Crippen LogP contribution in [0.1, 0.15) is 46.9 Å². The molecule has 0 radical (unpaired) electrons. The van der Waals surface area contributed by atoms with Crippen LogP contribution in [0.25, 0.3) is 0 Å². The molecule has 1 amide bonds. The van der Waals surface area contributed by atoms with Crippen molar-refractivity contribution in [3.63, 3.8) is 0 Å². The summed E-state index contributed by atoms with van der Waals surface area (Å²) in [5, 5.41) is 0. The Kier molecular flexibility index (Phi) is 4.93. The molecular weight excluding hydrogens is 316 g/mol. The van der Waals surface area contributed by atoms with Gasteiger partial charge >= 0.3 is 0 Å². The molecule has 132 valence electrons. The van der Waals surface area contributed by atoms with E-state index in [4.69, 9.17) is 4.74 Å². The summed E-state index contributed by atoms with van der Waals surface area (Å²) in [6, 6.07) is 9.33. The van der Waals surface area contributed by atoms with Crippen molar-refractivity contribution in [3.05, 3.63) is 63.6 Å². The Bertz CT molecular complexity index is 841. The van der Waals surface area contributed by atoms with E-state index in [1.54, 1.807) is 13.3 Å². The van der Waals surface area contributed by atoms with E-state index in [9.17, 15) is 9.59 Å². The number of carbonyl (C=O) groups is 1. The van der Waals surface area contributed by atoms with Crippen LogP contribution in [0.3, 0.4) is 0 Å². The lowest BCUT2D eigenvalue weighted by Crippen LogP contribution is -2.40. The third-order valence-electron chi connectivity index (χ3n) is 4.96. The molecule has 0 N–H and O–H groups in total. The highest BCUT2D eigenvalue weighted by molar-refractivity contribution is 5.94. The van der Waals surface area contributed by atoms with Gasteiger partial charge in [0.2, 0.25) is 0 Å². The van der Waals surface area contributed by atoms with Gasteiger partial charge < -0.3 is 14.2 Å². The number of amides is 1. The Hall–Kier alpha value is -2.56. The highest BCUT2D eigenvalue weighted by atomic mass is 16.5. The van der Waals surface area contributed by atoms with Gasteiger partial charge in [-0.3, -0.25) is 9.59 Å². The number of methoxy groups -OCH3 is 1. The van der Waals surface area contributed by atoms with E-state index in [0.717, 1.165) is 36.3 Å². The molecule has 2 heterocycles. The standard InChI is InChI=1S/C20H24N2O3/c1-14-11-19(23)17(13-21(14)2)20(24)22-10-5-4-9-18(22)15-7-6-8-16(12-15)25-3/h6-8,11-13,18H,4-5,9-10H2,1-3H3. The first kappa shape index (κ1) is 17.3. The normalized spacial score (nSPS) is 17.4. The first-order valence-electron chi connectivity index (χ1n) is 8.63. The van der Waals surface area contributed by atoms with Crippen LogP contribution < -0.4 is 10.2 Å². The number of carbonyl (C=O) groups excluding carboxylic acids is 1. The molecule has 1 saturated heterocycles. The lowest BCUT2D eigenvalue weighted by Gasteiger charge is -2.36. The van der Waals surface area contributed by atoms with Crippen LogP contribution in [0.2, 0.25) is 0 Å². The maximum Gasteiger partial charge on any atom is 0.259 e. The van der Waals surface area contributed by atoms with Crippen molar-refractivity contribution in [2.45, 2.75) is 32.2 Å². The molecule has 1 aliphatic heterocycles. The van der Waals surface area contributed by atoms with Gasteiger partial charge in [-0.15, -0.1) is 0 Å². The van der Waals surface area contributed by atoms with Gasteiger partial charge in [0.05, 0.1) is 13.2 Å². The highest BCUT2D eigenvalue weighted by Gasteiger charge is 2.30. The summed E-state index contributed by atoms with van der Waals surface area (Å²) in [5.41, 5.74) is 1.92. The molecule has 3 rings (SSSR count). The van der Waals surface area contributed by atoms with Crippen LogP contribution in [0, 0.1) is 6.92 Å². The number of hydrogen-bond donors (Lipinski definition) is 0. The predicted molar refractivity (Wildman–Crippen MR) is 97.0 cm³/mol. The summed E-state index contributed by atoms with van der Waals surface area (Å²) in [5.74, 6) is 0.592. The van der Waals surface area contributed by atoms with Crippen LogP contribution in [0.4, 0.5) is 0 Å². The van der Waals surface area contributed by atoms with E-state index in [-0.39, 0.29) is 22.9 Å². The fourth-order valence-electron chi connectivity index (χ4n) is 3.41. The zero-order valence-electron chi connectivity index (χ0n) is 15.0. The van der Waals surface area contributed by atoms with Gasteiger partial charge in [0, 0.05) is 31.5 Å². The number of nitrogens with zero attached hydrogens (tertiary/aromatic N) is 2. The lowest BCUT2D eigenvalue weighted by molar-refractivity contribution is 0.0609. The van der Waals surface area contributed by atoms with Crippen molar-refractivity contribution in [1.29, 1.82) is 0 Å². The topological polar surface area (TPSA) is 51.5 Å². The maximum absolute atomic E-state index is 13.1. The Morgan fingerprint density at radius 3 is 2.80 bits per heavy atom. The SMILES string of the molecule is COc1cccc(C2CCCCN2C(=O)c2cn(C)c(C)cc2=O)c1. The van der Waals surface area contributed by atoms with Gasteiger partial charge in [0.25, 0.3) is 5.91 Å². The molecule has 1 aliphatic rings. The van der Waals surface area contributed by atoms with Crippen LogP contribution in [-0.2, 0) is 7.05 Å². The molecule has 1 atom stereocenters. The minimum atomic E-state index is -0.212. The molecule has 1 fully saturated rings. The van der Waals surface area contributed by atoms with Crippen molar-refractivity contribution in [3.8, 4) is 5.75 Å². The Morgan fingerprint density at radius 1 is 1.24 bits per heavy atom. The molecule has 0 aliphatic carbocycles. The fourth-order valence-corrected chi connectivity index (χ4v) is 3.41. The summed E-state index contributed by atoms with van der Waals surface area (Å²) in [4.78, 5) is 27.3. The van der Waals surface area contributed by atoms with Crippen LogP contribution >= 0.6 is 0 Å². The van der Waals surface area contributed by atoms with Crippen LogP contribution in [0.5, 0.6) is 5.75 Å². The Morgan fingerprint density at radius 2 is 2.04 bits per heavy atom. The van der Waals surface area contributed by atoms with Crippen LogP contribution in [-0.4, -0.2) is 29.0 Å². The van der Waals surface area contributed by atoms with E-state index < -0.39 is 0 Å². The number of hydrogen-bond acceptors (Lipinski definition) is 3. The largest absolute Gasteiger partial charge is 0.497 e. The monoisotopic (exact) mass is 340 g/mol. The van der Waals surface area contributed by atoms with Gasteiger partial charge in [0.15, 0.2) is 5.43 Å². The molecule has 0 saturated carbocycles. The van der Waals surface area contributed by atoms with E-state index in [1.807, 2.05) is 47.7 Å². The number of piperidine rings is 1. The summed E-state index contributed by atoms with van der Waals surface area (Å²) in [7, 11) is 3.49. The smallest absolute Gasteiger partial charge is 0.259 e. The van der Waals surface area contributed by atoms with Gasteiger partial charge in [0.1, 0.15) is 11.3 Å². The second-order valence-electron chi connectivity index (χ2n) is 6.59. The Labute approximate surface area is 147 Å². The van der Waals surface area contributed by atoms with Gasteiger partial charge in [-0.2, -0.15) is 0 Å². The van der Waals surface area contributed by atoms with E-state index in [2.05, 4.69) is 0 Å². The summed E-state index contributed by atoms with van der Waals surface area (Å²) < 4.78 is 7.14. The van der Waals surface area contributed by atoms with E-state index >= 15 is 0 Å². The molecule has 1 aromatic heterocycles. The van der Waals surface area contributed by atoms with Crippen molar-refractivity contribution < 1.29 is 9.53 Å². The number of rotatable bonds is 3. The molecule has 25 heavy (non-hydrogen) atoms. The number of pyridine rings is 1. The second kappa shape index (κ2) is 7.13. The number of aryl methyl sites for hydroxylation is 2. The van der Waals surface area contributed by atoms with Crippen molar-refractivity contribution >= 4 is 5.91 Å². The van der Waals surface area contributed by atoms with Crippen LogP contribution in [0.15, 0.2) is 41.3 Å². The fraction of sp³-hybridized carbons (Fsp3) is 0.400. The van der Waals surface area contributed by atoms with E-state index in [1.165, 1.54) is 6.07 Å². The third kappa shape index (κ3) is 3.45. The molecule has 0 spiro atoms. The zero-order valence-corrected chi connectivity index (χ0v) is 15.0. The van der Waals surface area contributed by atoms with Gasteiger partial charge in [-0.25, -0.2) is 0 Å². The summed E-state index contributed by atoms with van der Waals surface area (Å²) >= 11 is 0. The zero-order chi connectivity index (χ0) is 18.0. The number of ether oxygens (including phenoxy) is 1. The highest BCUT2D eigenvalue weighted by Crippen LogP contribution is 2.33. The number of benzene rings is 1. The second-order valence-corrected chi connectivity index (χ2v) is 6.59. The molecule has 1 unspecified atom stereocenters. The molecule has 5 nitrogen and oxygen atoms in total. The van der Waals surface area contributed by atoms with Crippen molar-refractivity contribution in [2.24, 2.45) is 7.05 Å². The molecular formula is C20H24N2O3. The minimum Gasteiger partial charge on any atom is -0.497 e. The van der Waals surface area contributed by atoms with Gasteiger partial charge in [-0.05, 0) is 43.9 Å².